The van der Waals surface area contributed by atoms with Crippen molar-refractivity contribution in [3.05, 3.63) is 85.0 Å². The Labute approximate surface area is 146 Å². The van der Waals surface area contributed by atoms with Crippen LogP contribution in [0.5, 0.6) is 5.75 Å². The zero-order chi connectivity index (χ0) is 19.0. The van der Waals surface area contributed by atoms with Gasteiger partial charge in [-0.15, -0.1) is 0 Å². The lowest BCUT2D eigenvalue weighted by Crippen LogP contribution is -2.08. The SMILES string of the molecule is C=C/C(=C\C=C\OC(=O)C(=C)C)c1ccc(OC(=O)C(=C)C)cc1F. The highest BCUT2D eigenvalue weighted by molar-refractivity contribution is 5.89. The van der Waals surface area contributed by atoms with Gasteiger partial charge in [0, 0.05) is 22.8 Å². The van der Waals surface area contributed by atoms with E-state index in [1.807, 2.05) is 0 Å². The van der Waals surface area contributed by atoms with E-state index in [1.165, 1.54) is 50.5 Å². The summed E-state index contributed by atoms with van der Waals surface area (Å²) in [7, 11) is 0. The van der Waals surface area contributed by atoms with E-state index < -0.39 is 17.8 Å². The van der Waals surface area contributed by atoms with Gasteiger partial charge in [-0.1, -0.05) is 31.9 Å². The van der Waals surface area contributed by atoms with Crippen molar-refractivity contribution < 1.29 is 23.5 Å². The fourth-order valence-electron chi connectivity index (χ4n) is 1.60. The maximum atomic E-state index is 14.3. The van der Waals surface area contributed by atoms with Crippen LogP contribution in [-0.4, -0.2) is 11.9 Å². The number of hydrogen-bond donors (Lipinski definition) is 0. The maximum Gasteiger partial charge on any atom is 0.338 e. The van der Waals surface area contributed by atoms with Gasteiger partial charge >= 0.3 is 11.9 Å². The highest BCUT2D eigenvalue weighted by Crippen LogP contribution is 2.24. The van der Waals surface area contributed by atoms with Crippen LogP contribution in [0, 0.1) is 5.82 Å². The van der Waals surface area contributed by atoms with Gasteiger partial charge < -0.3 is 9.47 Å². The van der Waals surface area contributed by atoms with Crippen LogP contribution >= 0.6 is 0 Å². The fourth-order valence-corrected chi connectivity index (χ4v) is 1.60. The third kappa shape index (κ3) is 6.06. The lowest BCUT2D eigenvalue weighted by molar-refractivity contribution is -0.133. The molecule has 0 amide bonds. The standard InChI is InChI=1S/C20H19FO4/c1-6-15(8-7-11-24-19(22)13(2)3)17-10-9-16(12-18(17)21)25-20(23)14(4)5/h6-12H,1-2,4H2,3,5H3/b11-7+,15-8+. The lowest BCUT2D eigenvalue weighted by atomic mass is 10.0. The molecule has 0 saturated carbocycles. The van der Waals surface area contributed by atoms with Crippen molar-refractivity contribution in [1.82, 2.24) is 0 Å². The predicted octanol–water partition coefficient (Wildman–Crippen LogP) is 4.51. The van der Waals surface area contributed by atoms with Crippen LogP contribution in [0.2, 0.25) is 0 Å². The quantitative estimate of drug-likeness (QED) is 0.240. The summed E-state index contributed by atoms with van der Waals surface area (Å²) >= 11 is 0. The summed E-state index contributed by atoms with van der Waals surface area (Å²) in [6, 6.07) is 4.01. The summed E-state index contributed by atoms with van der Waals surface area (Å²) in [5.41, 5.74) is 1.19. The van der Waals surface area contributed by atoms with Crippen LogP contribution in [0.3, 0.4) is 0 Å². The first kappa shape index (κ1) is 19.8. The van der Waals surface area contributed by atoms with Gasteiger partial charge in [-0.25, -0.2) is 14.0 Å². The Kier molecular flexibility index (Phi) is 7.28. The number of carbonyl (C=O) groups excluding carboxylic acids is 2. The average molecular weight is 342 g/mol. The maximum absolute atomic E-state index is 14.3. The molecule has 1 aromatic carbocycles. The molecule has 0 heterocycles. The molecule has 5 heteroatoms. The molecule has 0 aliphatic rings. The molecule has 4 nitrogen and oxygen atoms in total. The van der Waals surface area contributed by atoms with Gasteiger partial charge in [0.05, 0.1) is 6.26 Å². The van der Waals surface area contributed by atoms with Crippen molar-refractivity contribution in [3.63, 3.8) is 0 Å². The Morgan fingerprint density at radius 2 is 1.76 bits per heavy atom. The van der Waals surface area contributed by atoms with Crippen molar-refractivity contribution in [2.75, 3.05) is 0 Å². The molecule has 0 atom stereocenters. The van der Waals surface area contributed by atoms with Crippen molar-refractivity contribution >= 4 is 17.5 Å². The average Bonchev–Trinajstić information content (AvgIpc) is 2.55. The van der Waals surface area contributed by atoms with E-state index in [1.54, 1.807) is 0 Å². The van der Waals surface area contributed by atoms with Crippen LogP contribution in [0.1, 0.15) is 19.4 Å². The summed E-state index contributed by atoms with van der Waals surface area (Å²) in [4.78, 5) is 22.7. The Morgan fingerprint density at radius 3 is 2.28 bits per heavy atom. The molecule has 0 radical (unpaired) electrons. The summed E-state index contributed by atoms with van der Waals surface area (Å²) < 4.78 is 24.0. The van der Waals surface area contributed by atoms with Crippen LogP contribution in [0.4, 0.5) is 4.39 Å². The van der Waals surface area contributed by atoms with E-state index in [2.05, 4.69) is 19.7 Å². The van der Waals surface area contributed by atoms with Crippen molar-refractivity contribution in [2.45, 2.75) is 13.8 Å². The van der Waals surface area contributed by atoms with Crippen molar-refractivity contribution in [1.29, 1.82) is 0 Å². The van der Waals surface area contributed by atoms with E-state index in [-0.39, 0.29) is 22.5 Å². The summed E-state index contributed by atoms with van der Waals surface area (Å²) in [6.07, 6.45) is 5.58. The third-order valence-electron chi connectivity index (χ3n) is 2.91. The van der Waals surface area contributed by atoms with Gasteiger partial charge in [-0.3, -0.25) is 0 Å². The molecule has 0 N–H and O–H groups in total. The largest absolute Gasteiger partial charge is 0.431 e. The van der Waals surface area contributed by atoms with E-state index in [4.69, 9.17) is 9.47 Å². The number of halogens is 1. The number of benzene rings is 1. The van der Waals surface area contributed by atoms with Crippen molar-refractivity contribution in [3.8, 4) is 5.75 Å². The minimum atomic E-state index is -0.631. The Bertz CT molecular complexity index is 785. The summed E-state index contributed by atoms with van der Waals surface area (Å²) in [5, 5.41) is 0. The summed E-state index contributed by atoms with van der Waals surface area (Å²) in [6.45, 7) is 13.6. The van der Waals surface area contributed by atoms with Crippen molar-refractivity contribution in [2.24, 2.45) is 0 Å². The highest BCUT2D eigenvalue weighted by Gasteiger charge is 2.10. The van der Waals surface area contributed by atoms with Crippen LogP contribution in [-0.2, 0) is 14.3 Å². The van der Waals surface area contributed by atoms with E-state index in [0.29, 0.717) is 5.57 Å². The molecule has 0 unspecified atom stereocenters. The molecular weight excluding hydrogens is 323 g/mol. The molecular formula is C20H19FO4. The molecule has 0 aromatic heterocycles. The number of esters is 2. The highest BCUT2D eigenvalue weighted by atomic mass is 19.1. The first-order valence-corrected chi connectivity index (χ1v) is 7.29. The zero-order valence-electron chi connectivity index (χ0n) is 14.2. The number of rotatable bonds is 7. The van der Waals surface area contributed by atoms with Gasteiger partial charge in [0.1, 0.15) is 11.6 Å². The van der Waals surface area contributed by atoms with Crippen LogP contribution < -0.4 is 4.74 Å². The van der Waals surface area contributed by atoms with E-state index >= 15 is 0 Å². The molecule has 0 bridgehead atoms. The van der Waals surface area contributed by atoms with E-state index in [0.717, 1.165) is 6.07 Å². The second-order valence-corrected chi connectivity index (χ2v) is 5.15. The van der Waals surface area contributed by atoms with Crippen LogP contribution in [0.15, 0.2) is 73.6 Å². The van der Waals surface area contributed by atoms with Gasteiger partial charge in [0.15, 0.2) is 0 Å². The molecule has 0 fully saturated rings. The summed E-state index contributed by atoms with van der Waals surface area (Å²) in [5.74, 6) is -1.71. The molecule has 25 heavy (non-hydrogen) atoms. The predicted molar refractivity (Wildman–Crippen MR) is 95.1 cm³/mol. The van der Waals surface area contributed by atoms with Gasteiger partial charge in [-0.05, 0) is 37.6 Å². The van der Waals surface area contributed by atoms with Gasteiger partial charge in [-0.2, -0.15) is 0 Å². The molecule has 0 saturated heterocycles. The number of ether oxygens (including phenoxy) is 2. The van der Waals surface area contributed by atoms with Gasteiger partial charge in [0.2, 0.25) is 0 Å². The Balaban J connectivity index is 2.94. The lowest BCUT2D eigenvalue weighted by Gasteiger charge is -2.07. The Hall–Kier alpha value is -3.21. The molecule has 0 aliphatic carbocycles. The minimum absolute atomic E-state index is 0.0728. The second kappa shape index (κ2) is 9.17. The van der Waals surface area contributed by atoms with E-state index in [9.17, 15) is 14.0 Å². The molecule has 1 aromatic rings. The van der Waals surface area contributed by atoms with Crippen LogP contribution in [0.25, 0.3) is 5.57 Å². The van der Waals surface area contributed by atoms with Gasteiger partial charge in [0.25, 0.3) is 0 Å². The molecule has 0 aliphatic heterocycles. The fraction of sp³-hybridized carbons (Fsp3) is 0.100. The smallest absolute Gasteiger partial charge is 0.338 e. The molecule has 130 valence electrons. The Morgan fingerprint density at radius 1 is 1.12 bits per heavy atom. The number of allylic oxidation sites excluding steroid dienone is 4. The zero-order valence-corrected chi connectivity index (χ0v) is 14.2. The molecule has 0 spiro atoms. The minimum Gasteiger partial charge on any atom is -0.431 e. The normalized spacial score (nSPS) is 11.1. The molecule has 1 rings (SSSR count). The number of carbonyl (C=O) groups is 2. The topological polar surface area (TPSA) is 52.6 Å². The number of hydrogen-bond acceptors (Lipinski definition) is 4. The first-order chi connectivity index (χ1) is 11.8. The second-order valence-electron chi connectivity index (χ2n) is 5.15. The first-order valence-electron chi connectivity index (χ1n) is 7.29. The monoisotopic (exact) mass is 342 g/mol. The third-order valence-corrected chi connectivity index (χ3v) is 2.91.